The van der Waals surface area contributed by atoms with E-state index in [-0.39, 0.29) is 18.1 Å². The van der Waals surface area contributed by atoms with Crippen LogP contribution in [0.4, 0.5) is 5.69 Å². The third-order valence-electron chi connectivity index (χ3n) is 4.45. The lowest BCUT2D eigenvalue weighted by atomic mass is 9.99. The Morgan fingerprint density at radius 2 is 1.77 bits per heavy atom. The summed E-state index contributed by atoms with van der Waals surface area (Å²) >= 11 is 0. The molecule has 134 valence electrons. The maximum Gasteiger partial charge on any atom is 0.262 e. The summed E-state index contributed by atoms with van der Waals surface area (Å²) in [5.41, 5.74) is 2.24. The van der Waals surface area contributed by atoms with Gasteiger partial charge in [0.15, 0.2) is 6.61 Å². The van der Waals surface area contributed by atoms with E-state index in [9.17, 15) is 14.4 Å². The van der Waals surface area contributed by atoms with Crippen molar-refractivity contribution in [2.24, 2.45) is 0 Å². The monoisotopic (exact) mass is 352 g/mol. The summed E-state index contributed by atoms with van der Waals surface area (Å²) in [6.07, 6.45) is 1.06. The van der Waals surface area contributed by atoms with Crippen molar-refractivity contribution in [1.29, 1.82) is 0 Å². The molecule has 3 rings (SSSR count). The average Bonchev–Trinajstić information content (AvgIpc) is 2.93. The molecule has 1 aliphatic rings. The van der Waals surface area contributed by atoms with E-state index in [1.165, 1.54) is 17.7 Å². The SMILES string of the molecule is CC[C@H](C)c1ccc(OCC(=O)Nc2ccc3c(c2)C(=O)NC3=O)cc1. The van der Waals surface area contributed by atoms with Crippen molar-refractivity contribution in [1.82, 2.24) is 5.32 Å². The molecule has 2 aromatic rings. The highest BCUT2D eigenvalue weighted by atomic mass is 16.5. The molecule has 1 heterocycles. The first-order valence-corrected chi connectivity index (χ1v) is 8.50. The Hall–Kier alpha value is -3.15. The molecule has 1 atom stereocenters. The number of carbonyl (C=O) groups excluding carboxylic acids is 3. The lowest BCUT2D eigenvalue weighted by molar-refractivity contribution is -0.118. The molecular weight excluding hydrogens is 332 g/mol. The highest BCUT2D eigenvalue weighted by Gasteiger charge is 2.26. The second kappa shape index (κ2) is 7.39. The van der Waals surface area contributed by atoms with Crippen LogP contribution in [0.1, 0.15) is 52.5 Å². The molecule has 1 aliphatic heterocycles. The summed E-state index contributed by atoms with van der Waals surface area (Å²) in [5.74, 6) is -0.131. The number of benzene rings is 2. The molecule has 2 N–H and O–H groups in total. The molecule has 0 aromatic heterocycles. The van der Waals surface area contributed by atoms with Crippen LogP contribution in [-0.2, 0) is 4.79 Å². The number of carbonyl (C=O) groups is 3. The maximum absolute atomic E-state index is 12.0. The van der Waals surface area contributed by atoms with Gasteiger partial charge >= 0.3 is 0 Å². The normalized spacial score (nSPS) is 13.8. The zero-order valence-electron chi connectivity index (χ0n) is 14.7. The highest BCUT2D eigenvalue weighted by Crippen LogP contribution is 2.22. The summed E-state index contributed by atoms with van der Waals surface area (Å²) < 4.78 is 5.49. The van der Waals surface area contributed by atoms with Crippen molar-refractivity contribution in [2.75, 3.05) is 11.9 Å². The molecule has 0 aliphatic carbocycles. The van der Waals surface area contributed by atoms with Crippen LogP contribution in [0.3, 0.4) is 0 Å². The molecule has 2 aromatic carbocycles. The van der Waals surface area contributed by atoms with Crippen LogP contribution >= 0.6 is 0 Å². The van der Waals surface area contributed by atoms with E-state index in [2.05, 4.69) is 24.5 Å². The second-order valence-electron chi connectivity index (χ2n) is 6.26. The van der Waals surface area contributed by atoms with Crippen molar-refractivity contribution < 1.29 is 19.1 Å². The molecule has 0 unspecified atom stereocenters. The first-order valence-electron chi connectivity index (χ1n) is 8.50. The van der Waals surface area contributed by atoms with Crippen molar-refractivity contribution in [3.05, 3.63) is 59.2 Å². The lowest BCUT2D eigenvalue weighted by Gasteiger charge is -2.11. The van der Waals surface area contributed by atoms with Gasteiger partial charge in [-0.1, -0.05) is 26.0 Å². The minimum Gasteiger partial charge on any atom is -0.484 e. The van der Waals surface area contributed by atoms with Gasteiger partial charge in [0.1, 0.15) is 5.75 Å². The molecule has 6 nitrogen and oxygen atoms in total. The first-order chi connectivity index (χ1) is 12.5. The van der Waals surface area contributed by atoms with Gasteiger partial charge in [0, 0.05) is 5.69 Å². The van der Waals surface area contributed by atoms with Gasteiger partial charge in [-0.05, 0) is 48.2 Å². The number of amides is 3. The van der Waals surface area contributed by atoms with Gasteiger partial charge in [0.2, 0.25) is 0 Å². The number of anilines is 1. The molecule has 0 saturated heterocycles. The van der Waals surface area contributed by atoms with Crippen molar-refractivity contribution in [3.8, 4) is 5.75 Å². The quantitative estimate of drug-likeness (QED) is 0.783. The minimum absolute atomic E-state index is 0.148. The summed E-state index contributed by atoms with van der Waals surface area (Å²) in [5, 5.41) is 4.87. The number of nitrogens with one attached hydrogen (secondary N) is 2. The standard InChI is InChI=1S/C20H20N2O4/c1-3-12(2)13-4-7-15(8-5-13)26-11-18(23)21-14-6-9-16-17(10-14)20(25)22-19(16)24/h4-10,12H,3,11H2,1-2H3,(H,21,23)(H,22,24,25)/t12-/m0/s1. The van der Waals surface area contributed by atoms with E-state index in [4.69, 9.17) is 4.74 Å². The van der Waals surface area contributed by atoms with E-state index in [1.54, 1.807) is 6.07 Å². The van der Waals surface area contributed by atoms with E-state index >= 15 is 0 Å². The fourth-order valence-electron chi connectivity index (χ4n) is 2.72. The Bertz CT molecular complexity index is 859. The number of hydrogen-bond donors (Lipinski definition) is 2. The molecule has 0 radical (unpaired) electrons. The number of ether oxygens (including phenoxy) is 1. The summed E-state index contributed by atoms with van der Waals surface area (Å²) in [4.78, 5) is 35.2. The summed E-state index contributed by atoms with van der Waals surface area (Å²) in [6.45, 7) is 4.15. The van der Waals surface area contributed by atoms with Crippen LogP contribution in [0.25, 0.3) is 0 Å². The molecule has 0 bridgehead atoms. The van der Waals surface area contributed by atoms with Gasteiger partial charge in [-0.3, -0.25) is 19.7 Å². The summed E-state index contributed by atoms with van der Waals surface area (Å²) in [6, 6.07) is 12.3. The van der Waals surface area contributed by atoms with Crippen LogP contribution in [-0.4, -0.2) is 24.3 Å². The highest BCUT2D eigenvalue weighted by molar-refractivity contribution is 6.22. The molecule has 0 spiro atoms. The Kier molecular flexibility index (Phi) is 5.02. The summed E-state index contributed by atoms with van der Waals surface area (Å²) in [7, 11) is 0. The van der Waals surface area contributed by atoms with Crippen molar-refractivity contribution in [3.63, 3.8) is 0 Å². The third kappa shape index (κ3) is 3.74. The predicted octanol–water partition coefficient (Wildman–Crippen LogP) is 3.10. The molecule has 26 heavy (non-hydrogen) atoms. The molecule has 0 saturated carbocycles. The van der Waals surface area contributed by atoms with Crippen LogP contribution in [0.2, 0.25) is 0 Å². The van der Waals surface area contributed by atoms with Crippen LogP contribution in [0.5, 0.6) is 5.75 Å². The van der Waals surface area contributed by atoms with Gasteiger partial charge in [-0.25, -0.2) is 0 Å². The van der Waals surface area contributed by atoms with E-state index in [0.29, 0.717) is 22.9 Å². The predicted molar refractivity (Wildman–Crippen MR) is 97.5 cm³/mol. The van der Waals surface area contributed by atoms with Gasteiger partial charge in [-0.15, -0.1) is 0 Å². The molecule has 0 fully saturated rings. The van der Waals surface area contributed by atoms with Crippen LogP contribution in [0.15, 0.2) is 42.5 Å². The minimum atomic E-state index is -0.459. The van der Waals surface area contributed by atoms with E-state index in [1.807, 2.05) is 24.3 Å². The smallest absolute Gasteiger partial charge is 0.262 e. The van der Waals surface area contributed by atoms with Gasteiger partial charge < -0.3 is 10.1 Å². The number of hydrogen-bond acceptors (Lipinski definition) is 4. The van der Waals surface area contributed by atoms with Crippen LogP contribution < -0.4 is 15.4 Å². The fraction of sp³-hybridized carbons (Fsp3) is 0.250. The zero-order chi connectivity index (χ0) is 18.7. The first kappa shape index (κ1) is 17.7. The van der Waals surface area contributed by atoms with Gasteiger partial charge in [0.25, 0.3) is 17.7 Å². The molecule has 3 amide bonds. The van der Waals surface area contributed by atoms with Gasteiger partial charge in [-0.2, -0.15) is 0 Å². The largest absolute Gasteiger partial charge is 0.484 e. The Labute approximate surface area is 151 Å². The maximum atomic E-state index is 12.0. The Balaban J connectivity index is 1.57. The Morgan fingerprint density at radius 3 is 2.46 bits per heavy atom. The lowest BCUT2D eigenvalue weighted by Crippen LogP contribution is -2.20. The third-order valence-corrected chi connectivity index (χ3v) is 4.45. The molecular formula is C20H20N2O4. The Morgan fingerprint density at radius 1 is 1.08 bits per heavy atom. The number of fused-ring (bicyclic) bond motifs is 1. The zero-order valence-corrected chi connectivity index (χ0v) is 14.7. The number of imide groups is 1. The average molecular weight is 352 g/mol. The number of rotatable bonds is 6. The molecule has 6 heteroatoms. The fourth-order valence-corrected chi connectivity index (χ4v) is 2.72. The van der Waals surface area contributed by atoms with Crippen LogP contribution in [0, 0.1) is 0 Å². The van der Waals surface area contributed by atoms with Crippen molar-refractivity contribution >= 4 is 23.4 Å². The van der Waals surface area contributed by atoms with E-state index < -0.39 is 11.8 Å². The topological polar surface area (TPSA) is 84.5 Å². The van der Waals surface area contributed by atoms with Gasteiger partial charge in [0.05, 0.1) is 11.1 Å². The van der Waals surface area contributed by atoms with E-state index in [0.717, 1.165) is 6.42 Å². The van der Waals surface area contributed by atoms with Crippen molar-refractivity contribution in [2.45, 2.75) is 26.2 Å². The second-order valence-corrected chi connectivity index (χ2v) is 6.26.